The van der Waals surface area contributed by atoms with Crippen LogP contribution in [0.5, 0.6) is 0 Å². The van der Waals surface area contributed by atoms with Gasteiger partial charge in [0.05, 0.1) is 21.6 Å². The summed E-state index contributed by atoms with van der Waals surface area (Å²) in [7, 11) is -4.70. The summed E-state index contributed by atoms with van der Waals surface area (Å²) in [5.74, 6) is 0. The molecule has 6 nitrogen and oxygen atoms in total. The molecule has 0 bridgehead atoms. The highest BCUT2D eigenvalue weighted by atomic mass is 79.9. The van der Waals surface area contributed by atoms with Crippen molar-refractivity contribution in [3.05, 3.63) is 51.5 Å². The van der Waals surface area contributed by atoms with Gasteiger partial charge >= 0.3 is 19.8 Å². The third-order valence-electron chi connectivity index (χ3n) is 3.05. The molecule has 0 saturated carbocycles. The SMILES string of the molecule is O=C(Nc1ccc(Cl)c(C(F)(F)F)c1)Nc1ccc(Br)cc1P(=O)(O)O. The number of carbonyl (C=O) groups is 1. The molecule has 0 aliphatic rings. The monoisotopic (exact) mass is 472 g/mol. The Labute approximate surface area is 158 Å². The molecule has 0 aliphatic heterocycles. The van der Waals surface area contributed by atoms with Crippen molar-refractivity contribution in [2.75, 3.05) is 10.6 Å². The molecular weight excluding hydrogens is 463 g/mol. The quantitative estimate of drug-likeness (QED) is 0.491. The van der Waals surface area contributed by atoms with E-state index >= 15 is 0 Å². The summed E-state index contributed by atoms with van der Waals surface area (Å²) < 4.78 is 50.4. The lowest BCUT2D eigenvalue weighted by Gasteiger charge is -2.14. The van der Waals surface area contributed by atoms with Crippen LogP contribution in [-0.2, 0) is 10.7 Å². The summed E-state index contributed by atoms with van der Waals surface area (Å²) in [5.41, 5.74) is -1.52. The van der Waals surface area contributed by atoms with Crippen LogP contribution in [0.2, 0.25) is 5.02 Å². The number of amides is 2. The number of nitrogens with one attached hydrogen (secondary N) is 2. The van der Waals surface area contributed by atoms with Crippen LogP contribution in [0, 0.1) is 0 Å². The number of hydrogen-bond acceptors (Lipinski definition) is 2. The fraction of sp³-hybridized carbons (Fsp3) is 0.0714. The number of carbonyl (C=O) groups excluding carboxylic acids is 1. The largest absolute Gasteiger partial charge is 0.417 e. The van der Waals surface area contributed by atoms with E-state index in [-0.39, 0.29) is 11.4 Å². The highest BCUT2D eigenvalue weighted by Gasteiger charge is 2.33. The zero-order valence-electron chi connectivity index (χ0n) is 12.5. The van der Waals surface area contributed by atoms with Gasteiger partial charge in [0.25, 0.3) is 0 Å². The Morgan fingerprint density at radius 3 is 2.35 bits per heavy atom. The van der Waals surface area contributed by atoms with Gasteiger partial charge in [-0.05, 0) is 36.4 Å². The normalized spacial score (nSPS) is 12.0. The average molecular weight is 474 g/mol. The van der Waals surface area contributed by atoms with E-state index in [4.69, 9.17) is 11.6 Å². The molecule has 0 fully saturated rings. The molecule has 2 rings (SSSR count). The lowest BCUT2D eigenvalue weighted by atomic mass is 10.2. The molecule has 0 radical (unpaired) electrons. The lowest BCUT2D eigenvalue weighted by Crippen LogP contribution is -2.23. The van der Waals surface area contributed by atoms with Gasteiger partial charge in [0.2, 0.25) is 0 Å². The van der Waals surface area contributed by atoms with Gasteiger partial charge in [0.1, 0.15) is 0 Å². The van der Waals surface area contributed by atoms with Crippen molar-refractivity contribution in [2.24, 2.45) is 0 Å². The number of rotatable bonds is 3. The van der Waals surface area contributed by atoms with Gasteiger partial charge in [-0.25, -0.2) is 4.79 Å². The Bertz CT molecular complexity index is 904. The van der Waals surface area contributed by atoms with E-state index in [1.807, 2.05) is 0 Å². The van der Waals surface area contributed by atoms with E-state index in [2.05, 4.69) is 26.6 Å². The second-order valence-corrected chi connectivity index (χ2v) is 7.87. The molecule has 0 aliphatic carbocycles. The fourth-order valence-corrected chi connectivity index (χ4v) is 3.47. The Morgan fingerprint density at radius 2 is 1.77 bits per heavy atom. The third kappa shape index (κ3) is 5.21. The maximum Gasteiger partial charge on any atom is 0.417 e. The van der Waals surface area contributed by atoms with Crippen LogP contribution >= 0.6 is 35.1 Å². The van der Waals surface area contributed by atoms with Crippen molar-refractivity contribution in [1.29, 1.82) is 0 Å². The molecule has 4 N–H and O–H groups in total. The van der Waals surface area contributed by atoms with Crippen molar-refractivity contribution < 1.29 is 32.3 Å². The van der Waals surface area contributed by atoms with Gasteiger partial charge in [-0.1, -0.05) is 27.5 Å². The van der Waals surface area contributed by atoms with E-state index in [1.165, 1.54) is 12.1 Å². The smallest absolute Gasteiger partial charge is 0.321 e. The molecule has 140 valence electrons. The van der Waals surface area contributed by atoms with Crippen LogP contribution in [0.15, 0.2) is 40.9 Å². The van der Waals surface area contributed by atoms with Gasteiger partial charge in [-0.3, -0.25) is 4.57 Å². The number of hydrogen-bond donors (Lipinski definition) is 4. The molecule has 2 aromatic carbocycles. The van der Waals surface area contributed by atoms with Crippen LogP contribution in [0.25, 0.3) is 0 Å². The first kappa shape index (κ1) is 20.7. The minimum Gasteiger partial charge on any atom is -0.321 e. The van der Waals surface area contributed by atoms with Gasteiger partial charge in [0, 0.05) is 10.2 Å². The molecule has 0 atom stereocenters. The van der Waals surface area contributed by atoms with Gasteiger partial charge in [-0.15, -0.1) is 0 Å². The minimum atomic E-state index is -4.70. The summed E-state index contributed by atoms with van der Waals surface area (Å²) in [5, 5.41) is 3.36. The number of anilines is 2. The van der Waals surface area contributed by atoms with Gasteiger partial charge in [-0.2, -0.15) is 13.2 Å². The van der Waals surface area contributed by atoms with Gasteiger partial charge < -0.3 is 20.4 Å². The summed E-state index contributed by atoms with van der Waals surface area (Å²) in [6.45, 7) is 0. The first-order valence-corrected chi connectivity index (χ1v) is 9.46. The van der Waals surface area contributed by atoms with Crippen LogP contribution in [0.1, 0.15) is 5.56 Å². The van der Waals surface area contributed by atoms with E-state index < -0.39 is 35.7 Å². The summed E-state index contributed by atoms with van der Waals surface area (Å²) in [6, 6.07) is 5.58. The van der Waals surface area contributed by atoms with Gasteiger partial charge in [0.15, 0.2) is 0 Å². The Hall–Kier alpha value is -1.58. The first-order valence-electron chi connectivity index (χ1n) is 6.68. The Kier molecular flexibility index (Phi) is 6.04. The fourth-order valence-electron chi connectivity index (χ4n) is 1.96. The molecule has 2 aromatic rings. The van der Waals surface area contributed by atoms with Crippen molar-refractivity contribution in [1.82, 2.24) is 0 Å². The first-order chi connectivity index (χ1) is 11.9. The Balaban J connectivity index is 2.24. The summed E-state index contributed by atoms with van der Waals surface area (Å²) in [6.07, 6.45) is -4.70. The molecule has 0 unspecified atom stereocenters. The van der Waals surface area contributed by atoms with E-state index in [0.29, 0.717) is 10.5 Å². The zero-order chi connectivity index (χ0) is 19.7. The molecule has 12 heteroatoms. The maximum atomic E-state index is 12.8. The van der Waals surface area contributed by atoms with Crippen molar-refractivity contribution in [3.63, 3.8) is 0 Å². The predicted octanol–water partition coefficient (Wildman–Crippen LogP) is 4.57. The Morgan fingerprint density at radius 1 is 1.12 bits per heavy atom. The molecule has 0 aromatic heterocycles. The van der Waals surface area contributed by atoms with E-state index in [1.54, 1.807) is 0 Å². The molecular formula is C14H10BrClF3N2O4P. The molecule has 0 heterocycles. The van der Waals surface area contributed by atoms with E-state index in [9.17, 15) is 32.3 Å². The maximum absolute atomic E-state index is 12.8. The second kappa shape index (κ2) is 7.58. The highest BCUT2D eigenvalue weighted by Crippen LogP contribution is 2.38. The highest BCUT2D eigenvalue weighted by molar-refractivity contribution is 9.10. The average Bonchev–Trinajstić information content (AvgIpc) is 2.49. The zero-order valence-corrected chi connectivity index (χ0v) is 15.7. The molecule has 0 saturated heterocycles. The van der Waals surface area contributed by atoms with Crippen molar-refractivity contribution in [3.8, 4) is 0 Å². The van der Waals surface area contributed by atoms with Crippen LogP contribution in [0.3, 0.4) is 0 Å². The third-order valence-corrected chi connectivity index (χ3v) is 4.87. The van der Waals surface area contributed by atoms with Crippen LogP contribution in [0.4, 0.5) is 29.3 Å². The summed E-state index contributed by atoms with van der Waals surface area (Å²) >= 11 is 8.54. The molecule has 26 heavy (non-hydrogen) atoms. The topological polar surface area (TPSA) is 98.7 Å². The second-order valence-electron chi connectivity index (χ2n) is 4.98. The number of urea groups is 1. The number of benzene rings is 2. The lowest BCUT2D eigenvalue weighted by molar-refractivity contribution is -0.137. The van der Waals surface area contributed by atoms with Crippen molar-refractivity contribution >= 4 is 57.8 Å². The van der Waals surface area contributed by atoms with Crippen LogP contribution in [-0.4, -0.2) is 15.8 Å². The minimum absolute atomic E-state index is 0.191. The van der Waals surface area contributed by atoms with Crippen molar-refractivity contribution in [2.45, 2.75) is 6.18 Å². The molecule has 2 amide bonds. The molecule has 0 spiro atoms. The van der Waals surface area contributed by atoms with Crippen LogP contribution < -0.4 is 15.9 Å². The number of alkyl halides is 3. The standard InChI is InChI=1S/C14H10BrClF3N2O4P/c15-7-1-4-11(12(5-7)26(23,24)25)21-13(22)20-8-2-3-10(16)9(6-8)14(17,18)19/h1-6H,(H2,20,21,22)(H2,23,24,25). The number of halogens is 5. The van der Waals surface area contributed by atoms with E-state index in [0.717, 1.165) is 18.2 Å². The predicted molar refractivity (Wildman–Crippen MR) is 94.9 cm³/mol. The summed E-state index contributed by atoms with van der Waals surface area (Å²) in [4.78, 5) is 30.7.